The predicted octanol–water partition coefficient (Wildman–Crippen LogP) is 1.63. The number of likely N-dealkylation sites (N-methyl/N-ethyl adjacent to an activating group) is 1. The molecule has 2 atom stereocenters. The van der Waals surface area contributed by atoms with Gasteiger partial charge in [0.1, 0.15) is 0 Å². The fraction of sp³-hybridized carbons (Fsp3) is 0.750. The molecule has 5 nitrogen and oxygen atoms in total. The monoisotopic (exact) mass is 292 g/mol. The smallest absolute Gasteiger partial charge is 0.224 e. The summed E-state index contributed by atoms with van der Waals surface area (Å²) in [5.41, 5.74) is 1.14. The van der Waals surface area contributed by atoms with Crippen LogP contribution in [0.1, 0.15) is 25.8 Å². The molecule has 5 heteroatoms. The summed E-state index contributed by atoms with van der Waals surface area (Å²) < 4.78 is 1.85. The molecule has 1 aliphatic rings. The van der Waals surface area contributed by atoms with E-state index in [1.165, 1.54) is 0 Å². The lowest BCUT2D eigenvalue weighted by Gasteiger charge is -2.27. The van der Waals surface area contributed by atoms with Gasteiger partial charge in [-0.1, -0.05) is 13.8 Å². The van der Waals surface area contributed by atoms with Crippen molar-refractivity contribution in [3.63, 3.8) is 0 Å². The Bertz CT molecular complexity index is 464. The summed E-state index contributed by atoms with van der Waals surface area (Å²) in [4.78, 5) is 16.7. The molecule has 21 heavy (non-hydrogen) atoms. The minimum Gasteiger partial charge on any atom is -0.341 e. The molecule has 1 aromatic rings. The van der Waals surface area contributed by atoms with Crippen LogP contribution < -0.4 is 0 Å². The maximum atomic E-state index is 12.4. The van der Waals surface area contributed by atoms with Crippen LogP contribution in [0.4, 0.5) is 0 Å². The Morgan fingerprint density at radius 1 is 1.43 bits per heavy atom. The Kier molecular flexibility index (Phi) is 5.04. The van der Waals surface area contributed by atoms with Gasteiger partial charge in [-0.3, -0.25) is 9.48 Å². The van der Waals surface area contributed by atoms with Gasteiger partial charge in [0.05, 0.1) is 6.20 Å². The van der Waals surface area contributed by atoms with Crippen molar-refractivity contribution in [1.82, 2.24) is 19.6 Å². The number of amides is 1. The molecule has 2 heterocycles. The van der Waals surface area contributed by atoms with E-state index >= 15 is 0 Å². The van der Waals surface area contributed by atoms with Gasteiger partial charge in [0.25, 0.3) is 0 Å². The van der Waals surface area contributed by atoms with Crippen molar-refractivity contribution in [3.8, 4) is 0 Å². The first-order chi connectivity index (χ1) is 9.88. The number of hydrogen-bond acceptors (Lipinski definition) is 3. The maximum Gasteiger partial charge on any atom is 0.224 e. The Balaban J connectivity index is 1.91. The molecule has 1 amide bonds. The summed E-state index contributed by atoms with van der Waals surface area (Å²) >= 11 is 0. The highest BCUT2D eigenvalue weighted by molar-refractivity contribution is 5.76. The predicted molar refractivity (Wildman–Crippen MR) is 84.0 cm³/mol. The molecule has 0 saturated carbocycles. The van der Waals surface area contributed by atoms with Gasteiger partial charge in [-0.2, -0.15) is 5.10 Å². The first-order valence-corrected chi connectivity index (χ1v) is 7.81. The third-order valence-corrected chi connectivity index (χ3v) is 4.52. The highest BCUT2D eigenvalue weighted by Crippen LogP contribution is 2.27. The minimum atomic E-state index is 0.248. The summed E-state index contributed by atoms with van der Waals surface area (Å²) in [6.07, 6.45) is 4.35. The van der Waals surface area contributed by atoms with E-state index < -0.39 is 0 Å². The van der Waals surface area contributed by atoms with Crippen LogP contribution in [-0.4, -0.2) is 58.7 Å². The Labute approximate surface area is 127 Å². The third kappa shape index (κ3) is 3.84. The van der Waals surface area contributed by atoms with Crippen molar-refractivity contribution < 1.29 is 4.79 Å². The van der Waals surface area contributed by atoms with E-state index in [0.29, 0.717) is 30.8 Å². The minimum absolute atomic E-state index is 0.248. The Hall–Kier alpha value is -1.36. The van der Waals surface area contributed by atoms with Crippen molar-refractivity contribution in [2.75, 3.05) is 27.2 Å². The summed E-state index contributed by atoms with van der Waals surface area (Å²) in [6.45, 7) is 8.93. The van der Waals surface area contributed by atoms with E-state index in [1.807, 2.05) is 28.9 Å². The molecule has 0 aliphatic carbocycles. The molecule has 0 N–H and O–H groups in total. The maximum absolute atomic E-state index is 12.4. The van der Waals surface area contributed by atoms with Crippen LogP contribution in [0.5, 0.6) is 0 Å². The van der Waals surface area contributed by atoms with Gasteiger partial charge >= 0.3 is 0 Å². The zero-order valence-electron chi connectivity index (χ0n) is 13.9. The van der Waals surface area contributed by atoms with Gasteiger partial charge in [0, 0.05) is 38.3 Å². The number of aryl methyl sites for hydroxylation is 2. The number of carbonyl (C=O) groups is 1. The third-order valence-electron chi connectivity index (χ3n) is 4.52. The summed E-state index contributed by atoms with van der Waals surface area (Å²) in [7, 11) is 4.22. The van der Waals surface area contributed by atoms with Crippen LogP contribution in [-0.2, 0) is 11.3 Å². The molecule has 0 radical (unpaired) electrons. The van der Waals surface area contributed by atoms with E-state index in [2.05, 4.69) is 37.9 Å². The van der Waals surface area contributed by atoms with Gasteiger partial charge in [0.15, 0.2) is 0 Å². The molecular formula is C16H28N4O. The zero-order chi connectivity index (χ0) is 15.6. The largest absolute Gasteiger partial charge is 0.341 e. The highest BCUT2D eigenvalue weighted by atomic mass is 16.2. The van der Waals surface area contributed by atoms with E-state index in [1.54, 1.807) is 0 Å². The second kappa shape index (κ2) is 6.60. The molecule has 118 valence electrons. The van der Waals surface area contributed by atoms with Gasteiger partial charge in [-0.15, -0.1) is 0 Å². The van der Waals surface area contributed by atoms with Crippen molar-refractivity contribution >= 4 is 5.91 Å². The molecule has 0 aromatic carbocycles. The lowest BCUT2D eigenvalue weighted by molar-refractivity contribution is -0.130. The highest BCUT2D eigenvalue weighted by Gasteiger charge is 2.37. The average Bonchev–Trinajstić information content (AvgIpc) is 3.02. The van der Waals surface area contributed by atoms with Crippen LogP contribution in [0.3, 0.4) is 0 Å². The number of nitrogens with zero attached hydrogens (tertiary/aromatic N) is 4. The quantitative estimate of drug-likeness (QED) is 0.828. The van der Waals surface area contributed by atoms with Crippen LogP contribution in [0.15, 0.2) is 12.4 Å². The first-order valence-electron chi connectivity index (χ1n) is 7.81. The van der Waals surface area contributed by atoms with E-state index in [9.17, 15) is 4.79 Å². The summed E-state index contributed by atoms with van der Waals surface area (Å²) in [5.74, 6) is 1.41. The van der Waals surface area contributed by atoms with Gasteiger partial charge < -0.3 is 9.80 Å². The van der Waals surface area contributed by atoms with Gasteiger partial charge in [0.2, 0.25) is 5.91 Å². The van der Waals surface area contributed by atoms with Crippen molar-refractivity contribution in [1.29, 1.82) is 0 Å². The molecule has 1 aliphatic heterocycles. The average molecular weight is 292 g/mol. The Morgan fingerprint density at radius 3 is 2.62 bits per heavy atom. The van der Waals surface area contributed by atoms with Gasteiger partial charge in [-0.25, -0.2) is 0 Å². The molecule has 0 unspecified atom stereocenters. The number of rotatable bonds is 5. The van der Waals surface area contributed by atoms with Gasteiger partial charge in [-0.05, 0) is 38.4 Å². The van der Waals surface area contributed by atoms with Crippen LogP contribution in [0.2, 0.25) is 0 Å². The standard InChI is InChI=1S/C16H28N4O/c1-12(2)14-10-19(11-15(14)18(4)5)16(21)6-7-20-9-13(3)8-17-20/h8-9,12,14-15H,6-7,10-11H2,1-5H3/t14-,15+/m0/s1. The fourth-order valence-electron chi connectivity index (χ4n) is 3.17. The topological polar surface area (TPSA) is 41.4 Å². The SMILES string of the molecule is Cc1cnn(CCC(=O)N2C[C@@H](N(C)C)[C@H](C(C)C)C2)c1. The molecule has 1 aromatic heterocycles. The van der Waals surface area contributed by atoms with E-state index in [0.717, 1.165) is 18.7 Å². The number of aromatic nitrogens is 2. The van der Waals surface area contributed by atoms with Crippen LogP contribution in [0, 0.1) is 18.8 Å². The molecule has 0 bridgehead atoms. The molecule has 1 fully saturated rings. The summed E-state index contributed by atoms with van der Waals surface area (Å²) in [5, 5.41) is 4.24. The normalized spacial score (nSPS) is 22.5. The van der Waals surface area contributed by atoms with Crippen molar-refractivity contribution in [2.45, 2.75) is 39.8 Å². The van der Waals surface area contributed by atoms with Crippen LogP contribution >= 0.6 is 0 Å². The number of carbonyl (C=O) groups excluding carboxylic acids is 1. The fourth-order valence-corrected chi connectivity index (χ4v) is 3.17. The lowest BCUT2D eigenvalue weighted by Crippen LogP contribution is -2.37. The summed E-state index contributed by atoms with van der Waals surface area (Å²) in [6, 6.07) is 0.473. The second-order valence-electron chi connectivity index (χ2n) is 6.77. The molecule has 1 saturated heterocycles. The van der Waals surface area contributed by atoms with E-state index in [4.69, 9.17) is 0 Å². The number of hydrogen-bond donors (Lipinski definition) is 0. The molecule has 2 rings (SSSR count). The zero-order valence-corrected chi connectivity index (χ0v) is 13.9. The molecule has 0 spiro atoms. The van der Waals surface area contributed by atoms with Crippen LogP contribution in [0.25, 0.3) is 0 Å². The lowest BCUT2D eigenvalue weighted by atomic mass is 9.91. The molecular weight excluding hydrogens is 264 g/mol. The number of likely N-dealkylation sites (tertiary alicyclic amines) is 1. The van der Waals surface area contributed by atoms with Crippen molar-refractivity contribution in [2.24, 2.45) is 11.8 Å². The first kappa shape index (κ1) is 16.0. The second-order valence-corrected chi connectivity index (χ2v) is 6.77. The van der Waals surface area contributed by atoms with E-state index in [-0.39, 0.29) is 5.91 Å². The Morgan fingerprint density at radius 2 is 2.14 bits per heavy atom. The van der Waals surface area contributed by atoms with Crippen molar-refractivity contribution in [3.05, 3.63) is 18.0 Å².